The van der Waals surface area contributed by atoms with Crippen LogP contribution >= 0.6 is 35.1 Å². The zero-order chi connectivity index (χ0) is 21.7. The second-order valence-corrected chi connectivity index (χ2v) is 9.10. The maximum absolute atomic E-state index is 12.4. The first-order valence-corrected chi connectivity index (χ1v) is 11.6. The van der Waals surface area contributed by atoms with Gasteiger partial charge in [-0.1, -0.05) is 41.1 Å². The smallest absolute Gasteiger partial charge is 0.234 e. The van der Waals surface area contributed by atoms with E-state index in [4.69, 9.17) is 16.3 Å². The summed E-state index contributed by atoms with van der Waals surface area (Å²) in [7, 11) is 3.46. The molecule has 3 aromatic rings. The van der Waals surface area contributed by atoms with Gasteiger partial charge in [0.25, 0.3) is 0 Å². The number of ether oxygens (including phenoxy) is 1. The molecule has 1 aromatic heterocycles. The van der Waals surface area contributed by atoms with Gasteiger partial charge in [-0.3, -0.25) is 4.79 Å². The van der Waals surface area contributed by atoms with Crippen LogP contribution in [0.15, 0.2) is 46.5 Å². The van der Waals surface area contributed by atoms with Crippen molar-refractivity contribution in [2.24, 2.45) is 7.05 Å². The number of methoxy groups -OCH3 is 1. The number of halogens is 1. The van der Waals surface area contributed by atoms with Crippen molar-refractivity contribution < 1.29 is 9.53 Å². The molecule has 1 N–H and O–H groups in total. The number of carbonyl (C=O) groups is 1. The summed E-state index contributed by atoms with van der Waals surface area (Å²) in [4.78, 5) is 13.6. The molecule has 3 rings (SSSR count). The molecule has 0 aliphatic rings. The van der Waals surface area contributed by atoms with E-state index < -0.39 is 0 Å². The minimum atomic E-state index is -0.154. The number of thioether (sulfide) groups is 2. The Kier molecular flexibility index (Phi) is 7.69. The zero-order valence-electron chi connectivity index (χ0n) is 17.2. The highest BCUT2D eigenvalue weighted by Gasteiger charge is 2.14. The minimum Gasteiger partial charge on any atom is -0.495 e. The van der Waals surface area contributed by atoms with Crippen LogP contribution in [-0.4, -0.2) is 33.5 Å². The van der Waals surface area contributed by atoms with Crippen molar-refractivity contribution in [1.82, 2.24) is 14.8 Å². The lowest BCUT2D eigenvalue weighted by Gasteiger charge is -2.12. The molecule has 6 nitrogen and oxygen atoms in total. The summed E-state index contributed by atoms with van der Waals surface area (Å²) >= 11 is 9.16. The SMILES string of the molecule is COc1cc(Cl)c(C)cc1NC(=O)CSc1nnc(CSc2ccc(C)cc2)n1C. The zero-order valence-corrected chi connectivity index (χ0v) is 19.6. The van der Waals surface area contributed by atoms with E-state index in [9.17, 15) is 4.79 Å². The van der Waals surface area contributed by atoms with Crippen LogP contribution in [0.4, 0.5) is 5.69 Å². The molecule has 0 saturated heterocycles. The summed E-state index contributed by atoms with van der Waals surface area (Å²) in [6.45, 7) is 3.95. The molecular weight excluding hydrogens is 440 g/mol. The van der Waals surface area contributed by atoms with Crippen molar-refractivity contribution in [2.75, 3.05) is 18.2 Å². The number of aromatic nitrogens is 3. The molecule has 30 heavy (non-hydrogen) atoms. The van der Waals surface area contributed by atoms with Crippen molar-refractivity contribution in [2.45, 2.75) is 29.7 Å². The van der Waals surface area contributed by atoms with Gasteiger partial charge in [-0.05, 0) is 37.6 Å². The van der Waals surface area contributed by atoms with Crippen LogP contribution in [0.5, 0.6) is 5.75 Å². The third-order valence-corrected chi connectivity index (χ3v) is 6.84. The van der Waals surface area contributed by atoms with Crippen LogP contribution in [0.25, 0.3) is 0 Å². The monoisotopic (exact) mass is 462 g/mol. The first kappa shape index (κ1) is 22.5. The van der Waals surface area contributed by atoms with Gasteiger partial charge in [0.2, 0.25) is 5.91 Å². The van der Waals surface area contributed by atoms with Crippen LogP contribution in [0.2, 0.25) is 5.02 Å². The predicted octanol–water partition coefficient (Wildman–Crippen LogP) is 5.12. The maximum atomic E-state index is 12.4. The van der Waals surface area contributed by atoms with Gasteiger partial charge in [-0.15, -0.1) is 22.0 Å². The Labute approximate surface area is 189 Å². The summed E-state index contributed by atoms with van der Waals surface area (Å²) in [5.41, 5.74) is 2.70. The second kappa shape index (κ2) is 10.2. The van der Waals surface area contributed by atoms with E-state index in [-0.39, 0.29) is 11.7 Å². The van der Waals surface area contributed by atoms with Crippen LogP contribution in [-0.2, 0) is 17.6 Å². The van der Waals surface area contributed by atoms with Gasteiger partial charge in [0.05, 0.1) is 24.3 Å². The summed E-state index contributed by atoms with van der Waals surface area (Å²) < 4.78 is 7.23. The van der Waals surface area contributed by atoms with Gasteiger partial charge in [0.15, 0.2) is 5.16 Å². The first-order valence-electron chi connectivity index (χ1n) is 9.22. The van der Waals surface area contributed by atoms with Crippen molar-refractivity contribution in [1.29, 1.82) is 0 Å². The molecule has 0 aliphatic heterocycles. The van der Waals surface area contributed by atoms with Crippen LogP contribution in [0, 0.1) is 13.8 Å². The Morgan fingerprint density at radius 3 is 2.60 bits per heavy atom. The Bertz CT molecular complexity index is 1040. The van der Waals surface area contributed by atoms with Crippen LogP contribution in [0.1, 0.15) is 17.0 Å². The lowest BCUT2D eigenvalue weighted by molar-refractivity contribution is -0.113. The fourth-order valence-electron chi connectivity index (χ4n) is 2.63. The molecule has 0 bridgehead atoms. The van der Waals surface area contributed by atoms with Gasteiger partial charge < -0.3 is 14.6 Å². The second-order valence-electron chi connectivity index (χ2n) is 6.70. The normalized spacial score (nSPS) is 10.8. The fourth-order valence-corrected chi connectivity index (χ4v) is 4.38. The number of amides is 1. The third kappa shape index (κ3) is 5.71. The molecule has 158 valence electrons. The number of anilines is 1. The van der Waals surface area contributed by atoms with E-state index in [1.54, 1.807) is 31.0 Å². The molecule has 0 aliphatic carbocycles. The average Bonchev–Trinajstić information content (AvgIpc) is 3.08. The Morgan fingerprint density at radius 1 is 1.17 bits per heavy atom. The molecule has 9 heteroatoms. The molecule has 0 saturated carbocycles. The highest BCUT2D eigenvalue weighted by atomic mass is 35.5. The van der Waals surface area contributed by atoms with E-state index in [1.165, 1.54) is 22.2 Å². The van der Waals surface area contributed by atoms with E-state index in [1.807, 2.05) is 18.5 Å². The lowest BCUT2D eigenvalue weighted by atomic mass is 10.2. The van der Waals surface area contributed by atoms with E-state index >= 15 is 0 Å². The summed E-state index contributed by atoms with van der Waals surface area (Å²) in [5, 5.41) is 12.6. The number of nitrogens with zero attached hydrogens (tertiary/aromatic N) is 3. The van der Waals surface area contributed by atoms with E-state index in [2.05, 4.69) is 46.7 Å². The lowest BCUT2D eigenvalue weighted by Crippen LogP contribution is -2.15. The number of aryl methyl sites for hydroxylation is 2. The van der Waals surface area contributed by atoms with E-state index in [0.717, 1.165) is 11.4 Å². The van der Waals surface area contributed by atoms with Gasteiger partial charge in [0.1, 0.15) is 11.6 Å². The number of carbonyl (C=O) groups excluding carboxylic acids is 1. The fraction of sp³-hybridized carbons (Fsp3) is 0.286. The van der Waals surface area contributed by atoms with Crippen LogP contribution < -0.4 is 10.1 Å². The van der Waals surface area contributed by atoms with Crippen molar-refractivity contribution >= 4 is 46.7 Å². The largest absolute Gasteiger partial charge is 0.495 e. The minimum absolute atomic E-state index is 0.154. The topological polar surface area (TPSA) is 69.0 Å². The van der Waals surface area contributed by atoms with E-state index in [0.29, 0.717) is 27.4 Å². The number of hydrogen-bond donors (Lipinski definition) is 1. The average molecular weight is 463 g/mol. The number of hydrogen-bond acceptors (Lipinski definition) is 6. The molecule has 0 unspecified atom stereocenters. The highest BCUT2D eigenvalue weighted by Crippen LogP contribution is 2.31. The predicted molar refractivity (Wildman–Crippen MR) is 124 cm³/mol. The summed E-state index contributed by atoms with van der Waals surface area (Å²) in [6.07, 6.45) is 0. The van der Waals surface area contributed by atoms with Gasteiger partial charge >= 0.3 is 0 Å². The number of benzene rings is 2. The van der Waals surface area contributed by atoms with Crippen molar-refractivity contribution in [3.8, 4) is 5.75 Å². The number of nitrogens with one attached hydrogen (secondary N) is 1. The molecule has 0 fully saturated rings. The van der Waals surface area contributed by atoms with Gasteiger partial charge in [0, 0.05) is 23.0 Å². The third-order valence-electron chi connectivity index (χ3n) is 4.40. The van der Waals surface area contributed by atoms with Crippen LogP contribution in [0.3, 0.4) is 0 Å². The standard InChI is InChI=1S/C21H23ClN4O2S2/c1-13-5-7-15(8-6-13)29-11-19-24-25-21(26(19)3)30-12-20(27)23-17-9-14(2)16(22)10-18(17)28-4/h5-10H,11-12H2,1-4H3,(H,23,27). The Hall–Kier alpha value is -2.16. The maximum Gasteiger partial charge on any atom is 0.234 e. The summed E-state index contributed by atoms with van der Waals surface area (Å²) in [5.74, 6) is 2.15. The van der Waals surface area contributed by atoms with Crippen molar-refractivity contribution in [3.63, 3.8) is 0 Å². The first-order chi connectivity index (χ1) is 14.4. The molecule has 0 spiro atoms. The highest BCUT2D eigenvalue weighted by molar-refractivity contribution is 7.99. The molecule has 1 heterocycles. The quantitative estimate of drug-likeness (QED) is 0.469. The molecule has 1 amide bonds. The van der Waals surface area contributed by atoms with Gasteiger partial charge in [-0.2, -0.15) is 0 Å². The molecule has 0 atom stereocenters. The van der Waals surface area contributed by atoms with Gasteiger partial charge in [-0.25, -0.2) is 0 Å². The molecule has 2 aromatic carbocycles. The number of rotatable bonds is 8. The summed E-state index contributed by atoms with van der Waals surface area (Å²) in [6, 6.07) is 11.9. The Balaban J connectivity index is 1.56. The van der Waals surface area contributed by atoms with Crippen molar-refractivity contribution in [3.05, 3.63) is 58.4 Å². The molecule has 0 radical (unpaired) electrons. The Morgan fingerprint density at radius 2 is 1.90 bits per heavy atom. The molecular formula is C21H23ClN4O2S2.